The van der Waals surface area contributed by atoms with E-state index in [0.29, 0.717) is 6.54 Å². The normalized spacial score (nSPS) is 20.0. The molecule has 0 saturated carbocycles. The molecule has 104 valence electrons. The highest BCUT2D eigenvalue weighted by Crippen LogP contribution is 2.27. The molecule has 0 aliphatic carbocycles. The van der Waals surface area contributed by atoms with Gasteiger partial charge in [0.05, 0.1) is 0 Å². The molecule has 1 aliphatic heterocycles. The molecule has 1 heterocycles. The van der Waals surface area contributed by atoms with E-state index in [4.69, 9.17) is 5.73 Å². The summed E-state index contributed by atoms with van der Waals surface area (Å²) in [5.41, 5.74) is 7.73. The highest BCUT2D eigenvalue weighted by molar-refractivity contribution is 5.90. The zero-order valence-corrected chi connectivity index (χ0v) is 11.9. The smallest absolute Gasteiger partial charge is 0.245 e. The van der Waals surface area contributed by atoms with Crippen LogP contribution in [0.15, 0.2) is 24.3 Å². The molecule has 1 fully saturated rings. The van der Waals surface area contributed by atoms with Gasteiger partial charge in [-0.05, 0) is 38.0 Å². The summed E-state index contributed by atoms with van der Waals surface area (Å²) >= 11 is 0. The maximum absolute atomic E-state index is 11.9. The summed E-state index contributed by atoms with van der Waals surface area (Å²) in [7, 11) is 0. The summed E-state index contributed by atoms with van der Waals surface area (Å²) in [6, 6.07) is 8.33. The minimum Gasteiger partial charge on any atom is -0.356 e. The van der Waals surface area contributed by atoms with Crippen LogP contribution in [0, 0.1) is 0 Å². The molecule has 0 radical (unpaired) electrons. The molecule has 1 atom stereocenters. The summed E-state index contributed by atoms with van der Waals surface area (Å²) in [6.45, 7) is 7.51. The Bertz CT molecular complexity index is 453. The molecule has 0 spiro atoms. The Hall–Kier alpha value is -1.55. The molecule has 1 amide bonds. The Morgan fingerprint density at radius 3 is 2.58 bits per heavy atom. The van der Waals surface area contributed by atoms with Crippen LogP contribution in [0.5, 0.6) is 0 Å². The number of nitrogens with two attached hydrogens (primary N) is 1. The average molecular weight is 261 g/mol. The van der Waals surface area contributed by atoms with Crippen molar-refractivity contribution in [2.24, 2.45) is 5.73 Å². The van der Waals surface area contributed by atoms with Crippen molar-refractivity contribution in [2.75, 3.05) is 18.0 Å². The van der Waals surface area contributed by atoms with E-state index in [1.54, 1.807) is 0 Å². The van der Waals surface area contributed by atoms with Crippen molar-refractivity contribution < 1.29 is 4.79 Å². The Kier molecular flexibility index (Phi) is 3.80. The van der Waals surface area contributed by atoms with E-state index in [1.807, 2.05) is 13.8 Å². The largest absolute Gasteiger partial charge is 0.356 e. The number of benzene rings is 1. The van der Waals surface area contributed by atoms with Gasteiger partial charge in [-0.15, -0.1) is 0 Å². The molecule has 1 aromatic carbocycles. The highest BCUT2D eigenvalue weighted by Gasteiger charge is 2.37. The number of anilines is 1. The summed E-state index contributed by atoms with van der Waals surface area (Å²) in [6.07, 6.45) is 0.928. The van der Waals surface area contributed by atoms with Crippen LogP contribution in [0.1, 0.15) is 38.8 Å². The zero-order chi connectivity index (χ0) is 14.0. The number of hydrogen-bond donors (Lipinski definition) is 2. The topological polar surface area (TPSA) is 58.4 Å². The van der Waals surface area contributed by atoms with Gasteiger partial charge in [0.15, 0.2) is 0 Å². The fourth-order valence-electron chi connectivity index (χ4n) is 2.49. The molecule has 4 nitrogen and oxygen atoms in total. The van der Waals surface area contributed by atoms with Crippen LogP contribution in [0.25, 0.3) is 0 Å². The highest BCUT2D eigenvalue weighted by atomic mass is 16.2. The summed E-state index contributed by atoms with van der Waals surface area (Å²) in [5.74, 6) is 0.0769. The van der Waals surface area contributed by atoms with Gasteiger partial charge in [0.2, 0.25) is 5.91 Å². The second-order valence-corrected chi connectivity index (χ2v) is 5.57. The maximum Gasteiger partial charge on any atom is 0.245 e. The lowest BCUT2D eigenvalue weighted by molar-refractivity contribution is -0.126. The second kappa shape index (κ2) is 5.21. The van der Waals surface area contributed by atoms with Gasteiger partial charge in [0, 0.05) is 24.8 Å². The second-order valence-electron chi connectivity index (χ2n) is 5.57. The molecule has 2 rings (SSSR count). The Balaban J connectivity index is 2.24. The van der Waals surface area contributed by atoms with Crippen LogP contribution in [-0.2, 0) is 4.79 Å². The number of carbonyl (C=O) groups excluding carboxylic acids is 1. The quantitative estimate of drug-likeness (QED) is 0.872. The van der Waals surface area contributed by atoms with E-state index in [-0.39, 0.29) is 11.9 Å². The number of piperazine rings is 1. The molecule has 1 saturated heterocycles. The molecular weight excluding hydrogens is 238 g/mol. The molecule has 3 N–H and O–H groups in total. The minimum absolute atomic E-state index is 0.0769. The molecule has 1 aromatic rings. The Morgan fingerprint density at radius 1 is 1.37 bits per heavy atom. The average Bonchev–Trinajstić information content (AvgIpc) is 2.41. The molecule has 0 aromatic heterocycles. The summed E-state index contributed by atoms with van der Waals surface area (Å²) in [5, 5.41) is 2.91. The van der Waals surface area contributed by atoms with Gasteiger partial charge in [0.1, 0.15) is 5.54 Å². The first-order valence-corrected chi connectivity index (χ1v) is 6.88. The maximum atomic E-state index is 11.9. The van der Waals surface area contributed by atoms with Crippen LogP contribution in [-0.4, -0.2) is 24.5 Å². The zero-order valence-electron chi connectivity index (χ0n) is 11.9. The third-order valence-electron chi connectivity index (χ3n) is 3.92. The van der Waals surface area contributed by atoms with Crippen molar-refractivity contribution in [1.82, 2.24) is 5.32 Å². The van der Waals surface area contributed by atoms with Gasteiger partial charge < -0.3 is 16.0 Å². The lowest BCUT2D eigenvalue weighted by atomic mass is 9.97. The van der Waals surface area contributed by atoms with Crippen LogP contribution in [0.3, 0.4) is 0 Å². The van der Waals surface area contributed by atoms with Gasteiger partial charge in [-0.1, -0.05) is 19.1 Å². The van der Waals surface area contributed by atoms with Crippen molar-refractivity contribution in [3.05, 3.63) is 29.8 Å². The molecule has 4 heteroatoms. The molecule has 19 heavy (non-hydrogen) atoms. The standard InChI is InChI=1S/C15H23N3O/c1-4-13(16)11-5-7-12(8-6-11)18-10-9-17-14(19)15(18,2)3/h5-8,13H,4,9-10,16H2,1-3H3,(H,17,19)/t13-/m1/s1. The molecule has 1 aliphatic rings. The Morgan fingerprint density at radius 2 is 2.00 bits per heavy atom. The fourth-order valence-corrected chi connectivity index (χ4v) is 2.49. The predicted octanol–water partition coefficient (Wildman–Crippen LogP) is 1.81. The van der Waals surface area contributed by atoms with Gasteiger partial charge in [-0.2, -0.15) is 0 Å². The van der Waals surface area contributed by atoms with Crippen molar-refractivity contribution in [3.63, 3.8) is 0 Å². The molecule has 0 bridgehead atoms. The first-order chi connectivity index (χ1) is 8.96. The van der Waals surface area contributed by atoms with E-state index in [0.717, 1.165) is 24.2 Å². The van der Waals surface area contributed by atoms with Crippen molar-refractivity contribution in [2.45, 2.75) is 38.8 Å². The van der Waals surface area contributed by atoms with E-state index in [9.17, 15) is 4.79 Å². The van der Waals surface area contributed by atoms with Gasteiger partial charge in [-0.3, -0.25) is 4.79 Å². The first-order valence-electron chi connectivity index (χ1n) is 6.88. The van der Waals surface area contributed by atoms with Crippen molar-refractivity contribution in [3.8, 4) is 0 Å². The minimum atomic E-state index is -0.507. The SMILES string of the molecule is CC[C@@H](N)c1ccc(N2CCNC(=O)C2(C)C)cc1. The number of nitrogens with zero attached hydrogens (tertiary/aromatic N) is 1. The van der Waals surface area contributed by atoms with Crippen LogP contribution >= 0.6 is 0 Å². The van der Waals surface area contributed by atoms with E-state index < -0.39 is 5.54 Å². The predicted molar refractivity (Wildman–Crippen MR) is 78.1 cm³/mol. The van der Waals surface area contributed by atoms with Crippen LogP contribution in [0.4, 0.5) is 5.69 Å². The lowest BCUT2D eigenvalue weighted by Gasteiger charge is -2.43. The first kappa shape index (κ1) is 13.9. The van der Waals surface area contributed by atoms with Crippen molar-refractivity contribution in [1.29, 1.82) is 0 Å². The summed E-state index contributed by atoms with van der Waals surface area (Å²) < 4.78 is 0. The van der Waals surface area contributed by atoms with E-state index >= 15 is 0 Å². The number of rotatable bonds is 3. The van der Waals surface area contributed by atoms with E-state index in [1.165, 1.54) is 0 Å². The summed E-state index contributed by atoms with van der Waals surface area (Å²) in [4.78, 5) is 14.1. The number of carbonyl (C=O) groups is 1. The number of hydrogen-bond acceptors (Lipinski definition) is 3. The van der Waals surface area contributed by atoms with Crippen molar-refractivity contribution >= 4 is 11.6 Å². The Labute approximate surface area is 115 Å². The third kappa shape index (κ3) is 2.59. The van der Waals surface area contributed by atoms with Crippen LogP contribution in [0.2, 0.25) is 0 Å². The third-order valence-corrected chi connectivity index (χ3v) is 3.92. The fraction of sp³-hybridized carbons (Fsp3) is 0.533. The molecule has 0 unspecified atom stereocenters. The monoisotopic (exact) mass is 261 g/mol. The molecular formula is C15H23N3O. The van der Waals surface area contributed by atoms with Crippen LogP contribution < -0.4 is 16.0 Å². The lowest BCUT2D eigenvalue weighted by Crippen LogP contribution is -2.62. The number of amides is 1. The van der Waals surface area contributed by atoms with Gasteiger partial charge in [0.25, 0.3) is 0 Å². The van der Waals surface area contributed by atoms with Gasteiger partial charge >= 0.3 is 0 Å². The van der Waals surface area contributed by atoms with Gasteiger partial charge in [-0.25, -0.2) is 0 Å². The number of nitrogens with one attached hydrogen (secondary N) is 1. The van der Waals surface area contributed by atoms with E-state index in [2.05, 4.69) is 41.4 Å².